The summed E-state index contributed by atoms with van der Waals surface area (Å²) < 4.78 is 12.7. The molecule has 2 aromatic carbocycles. The molecule has 6 rings (SSSR count). The number of rotatable bonds is 9. The lowest BCUT2D eigenvalue weighted by Crippen LogP contribution is -2.52. The van der Waals surface area contributed by atoms with Crippen LogP contribution in [0, 0.1) is 0 Å². The molecule has 3 heterocycles. The number of unbranched alkanes of at least 4 members (excludes halogenated alkanes) is 3. The molecule has 0 N–H and O–H groups in total. The number of ketones is 2. The van der Waals surface area contributed by atoms with Crippen LogP contribution < -0.4 is 9.47 Å². The number of ether oxygens (including phenoxy) is 2. The lowest BCUT2D eigenvalue weighted by molar-refractivity contribution is -0.936. The van der Waals surface area contributed by atoms with E-state index in [9.17, 15) is 9.59 Å². The fourth-order valence-electron chi connectivity index (χ4n) is 6.74. The Kier molecular flexibility index (Phi) is 5.87. The molecule has 7 heteroatoms. The topological polar surface area (TPSA) is 59.1 Å². The summed E-state index contributed by atoms with van der Waals surface area (Å²) >= 11 is 0. The zero-order valence-corrected chi connectivity index (χ0v) is 20.5. The van der Waals surface area contributed by atoms with Gasteiger partial charge in [0.2, 0.25) is 12.1 Å². The zero-order chi connectivity index (χ0) is 24.0. The summed E-state index contributed by atoms with van der Waals surface area (Å²) in [7, 11) is 1.52. The number of carbonyl (C=O) groups is 2. The van der Waals surface area contributed by atoms with E-state index < -0.39 is 0 Å². The van der Waals surface area contributed by atoms with E-state index in [4.69, 9.17) is 9.47 Å². The largest absolute Gasteiger partial charge is 0.496 e. The highest BCUT2D eigenvalue weighted by atomic mass is 16.5. The quantitative estimate of drug-likeness (QED) is 0.349. The predicted molar refractivity (Wildman–Crippen MR) is 132 cm³/mol. The molecule has 184 valence electrons. The minimum absolute atomic E-state index is 0.158. The van der Waals surface area contributed by atoms with Gasteiger partial charge in [-0.25, -0.2) is 9.80 Å². The van der Waals surface area contributed by atoms with Crippen LogP contribution in [0.25, 0.3) is 0 Å². The lowest BCUT2D eigenvalue weighted by atomic mass is 9.83. The third-order valence-corrected chi connectivity index (χ3v) is 8.45. The number of benzene rings is 2. The molecule has 7 nitrogen and oxygen atoms in total. The van der Waals surface area contributed by atoms with Crippen molar-refractivity contribution in [2.24, 2.45) is 0 Å². The smallest absolute Gasteiger partial charge is 0.205 e. The first-order valence-corrected chi connectivity index (χ1v) is 13.0. The van der Waals surface area contributed by atoms with Crippen LogP contribution in [0.1, 0.15) is 57.5 Å². The molecule has 0 atom stereocenters. The van der Waals surface area contributed by atoms with Crippen molar-refractivity contribution >= 4 is 11.6 Å². The van der Waals surface area contributed by atoms with E-state index in [-0.39, 0.29) is 11.6 Å². The third-order valence-electron chi connectivity index (χ3n) is 8.45. The lowest BCUT2D eigenvalue weighted by Gasteiger charge is -2.34. The van der Waals surface area contributed by atoms with Crippen LogP contribution in [-0.4, -0.2) is 91.7 Å². The summed E-state index contributed by atoms with van der Waals surface area (Å²) in [5.74, 6) is 0.552. The molecular weight excluding hydrogens is 442 g/mol. The molecule has 1 aliphatic carbocycles. The van der Waals surface area contributed by atoms with Gasteiger partial charge in [0.05, 0.1) is 57.6 Å². The Labute approximate surface area is 206 Å². The first-order valence-electron chi connectivity index (χ1n) is 13.0. The van der Waals surface area contributed by atoms with Gasteiger partial charge in [-0.2, -0.15) is 0 Å². The zero-order valence-electron chi connectivity index (χ0n) is 20.5. The number of hydrogen-bond donors (Lipinski definition) is 0. The molecule has 0 saturated carbocycles. The molecule has 2 aromatic rings. The SMILES string of the molecule is COc1cccc2c1C(=O)c1c(OCCCCCC[N+]34CCN5CCN(CC3)C54)cccc1C2=O. The number of quaternary nitrogens is 1. The number of fused-ring (bicyclic) bond motifs is 2. The van der Waals surface area contributed by atoms with Crippen LogP contribution in [0.5, 0.6) is 11.5 Å². The van der Waals surface area contributed by atoms with Crippen molar-refractivity contribution < 1.29 is 23.5 Å². The van der Waals surface area contributed by atoms with E-state index in [2.05, 4.69) is 9.80 Å². The van der Waals surface area contributed by atoms with Gasteiger partial charge >= 0.3 is 0 Å². The molecule has 3 saturated heterocycles. The van der Waals surface area contributed by atoms with Crippen LogP contribution in [0.15, 0.2) is 36.4 Å². The van der Waals surface area contributed by atoms with Crippen molar-refractivity contribution in [1.29, 1.82) is 0 Å². The Balaban J connectivity index is 1.04. The molecular formula is C28H34N3O4+. The van der Waals surface area contributed by atoms with Crippen LogP contribution in [0.4, 0.5) is 0 Å². The Morgan fingerprint density at radius 2 is 1.43 bits per heavy atom. The van der Waals surface area contributed by atoms with Crippen LogP contribution >= 0.6 is 0 Å². The van der Waals surface area contributed by atoms with E-state index in [1.54, 1.807) is 36.4 Å². The normalized spacial score (nSPS) is 25.0. The van der Waals surface area contributed by atoms with Gasteiger partial charge in [0.1, 0.15) is 11.5 Å². The van der Waals surface area contributed by atoms with Crippen LogP contribution in [0.3, 0.4) is 0 Å². The summed E-state index contributed by atoms with van der Waals surface area (Å²) in [5.41, 5.74) is 1.50. The first-order chi connectivity index (χ1) is 17.1. The maximum atomic E-state index is 13.4. The molecule has 0 bridgehead atoms. The van der Waals surface area contributed by atoms with Gasteiger partial charge in [0, 0.05) is 24.2 Å². The molecule has 0 amide bonds. The summed E-state index contributed by atoms with van der Waals surface area (Å²) in [6.45, 7) is 9.45. The first kappa shape index (κ1) is 22.7. The number of methoxy groups -OCH3 is 1. The van der Waals surface area contributed by atoms with Crippen LogP contribution in [-0.2, 0) is 0 Å². The number of nitrogens with zero attached hydrogens (tertiary/aromatic N) is 3. The molecule has 35 heavy (non-hydrogen) atoms. The summed E-state index contributed by atoms with van der Waals surface area (Å²) in [6.07, 6.45) is 5.16. The van der Waals surface area contributed by atoms with Crippen molar-refractivity contribution in [3.8, 4) is 11.5 Å². The fourth-order valence-corrected chi connectivity index (χ4v) is 6.74. The van der Waals surface area contributed by atoms with Gasteiger partial charge in [0.25, 0.3) is 0 Å². The van der Waals surface area contributed by atoms with Gasteiger partial charge in [-0.3, -0.25) is 14.1 Å². The summed E-state index contributed by atoms with van der Waals surface area (Å²) in [4.78, 5) is 31.8. The highest BCUT2D eigenvalue weighted by molar-refractivity contribution is 6.30. The van der Waals surface area contributed by atoms with Crippen molar-refractivity contribution in [1.82, 2.24) is 9.80 Å². The van der Waals surface area contributed by atoms with Gasteiger partial charge in [-0.1, -0.05) is 24.3 Å². The van der Waals surface area contributed by atoms with Crippen molar-refractivity contribution in [2.45, 2.75) is 32.0 Å². The van der Waals surface area contributed by atoms with E-state index >= 15 is 0 Å². The second-order valence-electron chi connectivity index (χ2n) is 10.3. The third kappa shape index (κ3) is 3.68. The monoisotopic (exact) mass is 476 g/mol. The Bertz CT molecular complexity index is 1150. The number of hydrogen-bond acceptors (Lipinski definition) is 6. The Morgan fingerprint density at radius 1 is 0.800 bits per heavy atom. The second kappa shape index (κ2) is 9.04. The molecule has 3 aliphatic heterocycles. The predicted octanol–water partition coefficient (Wildman–Crippen LogP) is 3.16. The maximum absolute atomic E-state index is 13.4. The average Bonchev–Trinajstić information content (AvgIpc) is 3.57. The fraction of sp³-hybridized carbons (Fsp3) is 0.500. The summed E-state index contributed by atoms with van der Waals surface area (Å²) in [6, 6.07) is 10.4. The molecule has 0 unspecified atom stereocenters. The molecule has 0 spiro atoms. The standard InChI is InChI=1S/C28H34N3O4/c1-34-22-10-6-8-20-24(22)27(33)25-21(26(20)32)9-7-11-23(25)35-19-5-3-2-4-16-31-17-14-29-12-13-30(15-18-31)28(29)31/h6-11,28H,2-5,12-19H2,1H3/q+1. The van der Waals surface area contributed by atoms with E-state index in [1.165, 1.54) is 70.2 Å². The minimum atomic E-state index is -0.206. The maximum Gasteiger partial charge on any atom is 0.205 e. The van der Waals surface area contributed by atoms with Crippen LogP contribution in [0.2, 0.25) is 0 Å². The highest BCUT2D eigenvalue weighted by Crippen LogP contribution is 2.38. The second-order valence-corrected chi connectivity index (χ2v) is 10.3. The molecule has 4 aliphatic rings. The number of carbonyl (C=O) groups excluding carboxylic acids is 2. The highest BCUT2D eigenvalue weighted by Gasteiger charge is 2.56. The van der Waals surface area contributed by atoms with Gasteiger partial charge < -0.3 is 9.47 Å². The van der Waals surface area contributed by atoms with Crippen molar-refractivity contribution in [3.05, 3.63) is 58.7 Å². The Morgan fingerprint density at radius 3 is 2.11 bits per heavy atom. The van der Waals surface area contributed by atoms with Crippen molar-refractivity contribution in [3.63, 3.8) is 0 Å². The Hall–Kier alpha value is -2.74. The van der Waals surface area contributed by atoms with Crippen molar-refractivity contribution in [2.75, 3.05) is 59.5 Å². The van der Waals surface area contributed by atoms with E-state index in [0.29, 0.717) is 46.6 Å². The molecule has 0 aromatic heterocycles. The van der Waals surface area contributed by atoms with Gasteiger partial charge in [-0.05, 0) is 37.8 Å². The van der Waals surface area contributed by atoms with E-state index in [1.807, 2.05) is 0 Å². The van der Waals surface area contributed by atoms with Gasteiger partial charge in [-0.15, -0.1) is 0 Å². The summed E-state index contributed by atoms with van der Waals surface area (Å²) in [5, 5.41) is 0. The average molecular weight is 477 g/mol. The van der Waals surface area contributed by atoms with Gasteiger partial charge in [0.15, 0.2) is 5.78 Å². The molecule has 0 radical (unpaired) electrons. The molecule has 3 fully saturated rings. The van der Waals surface area contributed by atoms with E-state index in [0.717, 1.165) is 12.8 Å². The minimum Gasteiger partial charge on any atom is -0.496 e.